The number of benzene rings is 1. The van der Waals surface area contributed by atoms with Crippen LogP contribution in [0.1, 0.15) is 17.5 Å². The molecular formula is C16H25NO6S. The second kappa shape index (κ2) is 7.79. The summed E-state index contributed by atoms with van der Waals surface area (Å²) in [7, 11) is -2.32. The first-order chi connectivity index (χ1) is 11.3. The van der Waals surface area contributed by atoms with Crippen LogP contribution in [0.5, 0.6) is 5.75 Å². The summed E-state index contributed by atoms with van der Waals surface area (Å²) < 4.78 is 44.2. The minimum absolute atomic E-state index is 0.0748. The summed E-state index contributed by atoms with van der Waals surface area (Å²) in [6, 6.07) is 3.31. The van der Waals surface area contributed by atoms with E-state index in [1.54, 1.807) is 12.1 Å². The van der Waals surface area contributed by atoms with Crippen molar-refractivity contribution in [2.45, 2.75) is 30.8 Å². The fourth-order valence-electron chi connectivity index (χ4n) is 2.59. The molecule has 1 fully saturated rings. The van der Waals surface area contributed by atoms with Crippen molar-refractivity contribution in [2.24, 2.45) is 0 Å². The van der Waals surface area contributed by atoms with Crippen molar-refractivity contribution < 1.29 is 27.7 Å². The average molecular weight is 359 g/mol. The highest BCUT2D eigenvalue weighted by Gasteiger charge is 2.37. The zero-order valence-electron chi connectivity index (χ0n) is 14.3. The number of sulfonamides is 1. The van der Waals surface area contributed by atoms with Crippen LogP contribution in [-0.4, -0.2) is 59.2 Å². The van der Waals surface area contributed by atoms with Gasteiger partial charge in [-0.05, 0) is 37.1 Å². The van der Waals surface area contributed by atoms with Crippen LogP contribution in [0.15, 0.2) is 17.0 Å². The molecule has 24 heavy (non-hydrogen) atoms. The van der Waals surface area contributed by atoms with E-state index in [-0.39, 0.29) is 24.7 Å². The SMILES string of the molecule is COc1cc(C)c(C)cc1S(=O)(=O)NCC1(OCCO)CCOC1. The van der Waals surface area contributed by atoms with Gasteiger partial charge in [0.25, 0.3) is 0 Å². The molecule has 0 bridgehead atoms. The first kappa shape index (κ1) is 19.1. The normalized spacial score (nSPS) is 21.2. The molecule has 1 aromatic rings. The van der Waals surface area contributed by atoms with Crippen molar-refractivity contribution in [3.8, 4) is 5.75 Å². The summed E-state index contributed by atoms with van der Waals surface area (Å²) in [6.45, 7) is 4.63. The van der Waals surface area contributed by atoms with E-state index < -0.39 is 15.6 Å². The summed E-state index contributed by atoms with van der Waals surface area (Å²) in [4.78, 5) is 0.101. The van der Waals surface area contributed by atoms with Crippen LogP contribution in [0.25, 0.3) is 0 Å². The summed E-state index contributed by atoms with van der Waals surface area (Å²) in [5, 5.41) is 8.95. The zero-order valence-corrected chi connectivity index (χ0v) is 15.1. The van der Waals surface area contributed by atoms with E-state index in [0.29, 0.717) is 25.4 Å². The Morgan fingerprint density at radius 1 is 1.33 bits per heavy atom. The molecular weight excluding hydrogens is 334 g/mol. The topological polar surface area (TPSA) is 94.1 Å². The van der Waals surface area contributed by atoms with Gasteiger partial charge in [0.05, 0.1) is 26.9 Å². The van der Waals surface area contributed by atoms with Gasteiger partial charge < -0.3 is 19.3 Å². The Hall–Kier alpha value is -1.19. The van der Waals surface area contributed by atoms with Gasteiger partial charge in [-0.3, -0.25) is 0 Å². The predicted molar refractivity (Wildman–Crippen MR) is 88.9 cm³/mol. The molecule has 7 nitrogen and oxygen atoms in total. The number of ether oxygens (including phenoxy) is 3. The Bertz CT molecular complexity index is 667. The molecule has 1 atom stereocenters. The van der Waals surface area contributed by atoms with Gasteiger partial charge in [-0.1, -0.05) is 0 Å². The van der Waals surface area contributed by atoms with E-state index in [0.717, 1.165) is 11.1 Å². The van der Waals surface area contributed by atoms with Crippen LogP contribution in [0.2, 0.25) is 0 Å². The molecule has 1 aromatic carbocycles. The minimum Gasteiger partial charge on any atom is -0.495 e. The van der Waals surface area contributed by atoms with Gasteiger partial charge in [-0.15, -0.1) is 0 Å². The van der Waals surface area contributed by atoms with Crippen LogP contribution in [0.3, 0.4) is 0 Å². The Labute approximate surface area is 143 Å². The van der Waals surface area contributed by atoms with E-state index in [2.05, 4.69) is 4.72 Å². The van der Waals surface area contributed by atoms with Crippen molar-refractivity contribution in [2.75, 3.05) is 40.1 Å². The smallest absolute Gasteiger partial charge is 0.244 e. The number of nitrogens with one attached hydrogen (secondary N) is 1. The fraction of sp³-hybridized carbons (Fsp3) is 0.625. The molecule has 0 aromatic heterocycles. The number of aliphatic hydroxyl groups is 1. The minimum atomic E-state index is -3.77. The number of aliphatic hydroxyl groups excluding tert-OH is 1. The maximum atomic E-state index is 12.7. The molecule has 8 heteroatoms. The summed E-state index contributed by atoms with van der Waals surface area (Å²) in [5.41, 5.74) is 1.08. The number of aryl methyl sites for hydroxylation is 2. The van der Waals surface area contributed by atoms with Crippen LogP contribution >= 0.6 is 0 Å². The van der Waals surface area contributed by atoms with E-state index in [9.17, 15) is 8.42 Å². The fourth-order valence-corrected chi connectivity index (χ4v) is 3.94. The second-order valence-corrected chi connectivity index (χ2v) is 7.70. The molecule has 0 radical (unpaired) electrons. The Balaban J connectivity index is 2.20. The average Bonchev–Trinajstić information content (AvgIpc) is 3.02. The van der Waals surface area contributed by atoms with Gasteiger partial charge in [-0.25, -0.2) is 13.1 Å². The quantitative estimate of drug-likeness (QED) is 0.712. The van der Waals surface area contributed by atoms with Crippen molar-refractivity contribution in [1.29, 1.82) is 0 Å². The molecule has 1 saturated heterocycles. The van der Waals surface area contributed by atoms with Gasteiger partial charge >= 0.3 is 0 Å². The van der Waals surface area contributed by atoms with E-state index in [4.69, 9.17) is 19.3 Å². The maximum absolute atomic E-state index is 12.7. The van der Waals surface area contributed by atoms with Crippen molar-refractivity contribution in [3.05, 3.63) is 23.3 Å². The van der Waals surface area contributed by atoms with Crippen molar-refractivity contribution >= 4 is 10.0 Å². The molecule has 0 amide bonds. The molecule has 0 aliphatic carbocycles. The lowest BCUT2D eigenvalue weighted by molar-refractivity contribution is -0.0566. The molecule has 1 heterocycles. The number of rotatable bonds is 8. The van der Waals surface area contributed by atoms with E-state index >= 15 is 0 Å². The highest BCUT2D eigenvalue weighted by atomic mass is 32.2. The largest absolute Gasteiger partial charge is 0.495 e. The monoisotopic (exact) mass is 359 g/mol. The summed E-state index contributed by atoms with van der Waals surface area (Å²) >= 11 is 0. The third kappa shape index (κ3) is 4.25. The summed E-state index contributed by atoms with van der Waals surface area (Å²) in [5.74, 6) is 0.304. The number of methoxy groups -OCH3 is 1. The number of hydrogen-bond acceptors (Lipinski definition) is 6. The standard InChI is InChI=1S/C16H25NO6S/c1-12-8-14(21-3)15(9-13(12)2)24(19,20)17-10-16(23-7-5-18)4-6-22-11-16/h8-9,17-18H,4-7,10-11H2,1-3H3. The van der Waals surface area contributed by atoms with Crippen LogP contribution in [0.4, 0.5) is 0 Å². The van der Waals surface area contributed by atoms with Crippen LogP contribution < -0.4 is 9.46 Å². The lowest BCUT2D eigenvalue weighted by atomic mass is 10.0. The zero-order chi connectivity index (χ0) is 17.8. The van der Waals surface area contributed by atoms with Crippen LogP contribution in [-0.2, 0) is 19.5 Å². The Morgan fingerprint density at radius 3 is 2.62 bits per heavy atom. The molecule has 1 aliphatic heterocycles. The lowest BCUT2D eigenvalue weighted by Crippen LogP contribution is -2.46. The van der Waals surface area contributed by atoms with Gasteiger partial charge in [0.1, 0.15) is 16.2 Å². The third-order valence-corrected chi connectivity index (χ3v) is 5.64. The summed E-state index contributed by atoms with van der Waals surface area (Å²) in [6.07, 6.45) is 0.569. The van der Waals surface area contributed by atoms with Crippen molar-refractivity contribution in [3.63, 3.8) is 0 Å². The molecule has 0 saturated carbocycles. The first-order valence-electron chi connectivity index (χ1n) is 7.81. The van der Waals surface area contributed by atoms with E-state index in [1.165, 1.54) is 7.11 Å². The van der Waals surface area contributed by atoms with Gasteiger partial charge in [0.2, 0.25) is 10.0 Å². The Morgan fingerprint density at radius 2 is 2.04 bits per heavy atom. The third-order valence-electron chi connectivity index (χ3n) is 4.22. The van der Waals surface area contributed by atoms with Gasteiger partial charge in [0, 0.05) is 19.6 Å². The maximum Gasteiger partial charge on any atom is 0.244 e. The van der Waals surface area contributed by atoms with Crippen LogP contribution in [0, 0.1) is 13.8 Å². The predicted octanol–water partition coefficient (Wildman–Crippen LogP) is 0.758. The molecule has 136 valence electrons. The highest BCUT2D eigenvalue weighted by Crippen LogP contribution is 2.28. The second-order valence-electron chi connectivity index (χ2n) is 5.97. The molecule has 1 aliphatic rings. The lowest BCUT2D eigenvalue weighted by Gasteiger charge is -2.28. The highest BCUT2D eigenvalue weighted by molar-refractivity contribution is 7.89. The first-order valence-corrected chi connectivity index (χ1v) is 9.29. The number of hydrogen-bond donors (Lipinski definition) is 2. The molecule has 2 N–H and O–H groups in total. The molecule has 2 rings (SSSR count). The Kier molecular flexibility index (Phi) is 6.22. The molecule has 1 unspecified atom stereocenters. The van der Waals surface area contributed by atoms with Crippen molar-refractivity contribution in [1.82, 2.24) is 4.72 Å². The van der Waals surface area contributed by atoms with Gasteiger partial charge in [-0.2, -0.15) is 0 Å². The van der Waals surface area contributed by atoms with E-state index in [1.807, 2.05) is 13.8 Å². The van der Waals surface area contributed by atoms with Gasteiger partial charge in [0.15, 0.2) is 0 Å². The molecule has 0 spiro atoms.